The van der Waals surface area contributed by atoms with E-state index in [1.54, 1.807) is 0 Å². The number of carboxylic acid groups (broad SMARTS) is 1. The Morgan fingerprint density at radius 2 is 1.92 bits per heavy atom. The zero-order valence-corrected chi connectivity index (χ0v) is 9.45. The Balaban J connectivity index is 2.05. The number of hydrogen-bond donors (Lipinski definition) is 1. The van der Waals surface area contributed by atoms with Crippen LogP contribution in [0.2, 0.25) is 0 Å². The minimum Gasteiger partial charge on any atom is -0.481 e. The molecule has 1 aliphatic heterocycles. The summed E-state index contributed by atoms with van der Waals surface area (Å²) >= 11 is 3.87. The van der Waals surface area contributed by atoms with E-state index < -0.39 is 5.97 Å². The molecule has 1 aliphatic carbocycles. The van der Waals surface area contributed by atoms with Gasteiger partial charge in [0.15, 0.2) is 0 Å². The fourth-order valence-electron chi connectivity index (χ4n) is 2.24. The van der Waals surface area contributed by atoms with Gasteiger partial charge in [-0.2, -0.15) is 0 Å². The average Bonchev–Trinajstić information content (AvgIpc) is 2.50. The number of hydrogen-bond acceptors (Lipinski definition) is 3. The molecule has 2 fully saturated rings. The summed E-state index contributed by atoms with van der Waals surface area (Å²) in [7, 11) is 0. The second-order valence-corrected chi connectivity index (χ2v) is 7.07. The highest BCUT2D eigenvalue weighted by molar-refractivity contribution is 8.20. The smallest absolute Gasteiger partial charge is 0.307 e. The van der Waals surface area contributed by atoms with Crippen molar-refractivity contribution in [2.45, 2.75) is 18.4 Å². The van der Waals surface area contributed by atoms with Crippen LogP contribution in [0.1, 0.15) is 13.8 Å². The van der Waals surface area contributed by atoms with Crippen LogP contribution in [0, 0.1) is 17.3 Å². The van der Waals surface area contributed by atoms with Gasteiger partial charge in [-0.1, -0.05) is 13.8 Å². The monoisotopic (exact) mass is 218 g/mol. The third-order valence-electron chi connectivity index (χ3n) is 3.12. The Morgan fingerprint density at radius 1 is 1.38 bits per heavy atom. The second kappa shape index (κ2) is 3.09. The van der Waals surface area contributed by atoms with Crippen molar-refractivity contribution in [3.8, 4) is 0 Å². The van der Waals surface area contributed by atoms with E-state index in [-0.39, 0.29) is 11.3 Å². The van der Waals surface area contributed by atoms with Crippen LogP contribution >= 0.6 is 23.5 Å². The van der Waals surface area contributed by atoms with Crippen LogP contribution in [0.25, 0.3) is 0 Å². The van der Waals surface area contributed by atoms with Gasteiger partial charge in [-0.15, -0.1) is 23.5 Å². The van der Waals surface area contributed by atoms with E-state index >= 15 is 0 Å². The summed E-state index contributed by atoms with van der Waals surface area (Å²) in [6, 6.07) is 0. The van der Waals surface area contributed by atoms with Gasteiger partial charge >= 0.3 is 5.97 Å². The molecule has 2 rings (SSSR count). The molecule has 0 spiro atoms. The lowest BCUT2D eigenvalue weighted by Gasteiger charge is -2.07. The maximum absolute atomic E-state index is 10.9. The van der Waals surface area contributed by atoms with Gasteiger partial charge in [-0.25, -0.2) is 0 Å². The fraction of sp³-hybridized carbons (Fsp3) is 0.889. The molecule has 1 N–H and O–H groups in total. The molecule has 74 valence electrons. The zero-order chi connectivity index (χ0) is 9.64. The Labute approximate surface area is 86.8 Å². The first-order valence-electron chi connectivity index (χ1n) is 4.51. The van der Waals surface area contributed by atoms with Crippen LogP contribution in [0.5, 0.6) is 0 Å². The maximum atomic E-state index is 10.9. The number of thioether (sulfide) groups is 2. The van der Waals surface area contributed by atoms with Crippen LogP contribution < -0.4 is 0 Å². The van der Waals surface area contributed by atoms with E-state index in [2.05, 4.69) is 13.8 Å². The molecule has 0 radical (unpaired) electrons. The van der Waals surface area contributed by atoms with Gasteiger partial charge in [-0.3, -0.25) is 4.79 Å². The normalized spacial score (nSPS) is 37.7. The van der Waals surface area contributed by atoms with Gasteiger partial charge in [0.1, 0.15) is 0 Å². The lowest BCUT2D eigenvalue weighted by Crippen LogP contribution is -2.04. The summed E-state index contributed by atoms with van der Waals surface area (Å²) in [6.07, 6.45) is 0. The molecule has 2 aliphatic rings. The molecule has 4 heteroatoms. The van der Waals surface area contributed by atoms with E-state index in [9.17, 15) is 4.79 Å². The van der Waals surface area contributed by atoms with Crippen molar-refractivity contribution in [2.24, 2.45) is 17.3 Å². The number of rotatable bonds is 2. The van der Waals surface area contributed by atoms with Crippen molar-refractivity contribution < 1.29 is 9.90 Å². The highest BCUT2D eigenvalue weighted by Crippen LogP contribution is 2.65. The van der Waals surface area contributed by atoms with E-state index in [0.717, 1.165) is 0 Å². The molecule has 2 atom stereocenters. The van der Waals surface area contributed by atoms with Gasteiger partial charge in [0.2, 0.25) is 0 Å². The van der Waals surface area contributed by atoms with E-state index in [0.29, 0.717) is 10.5 Å². The Bertz CT molecular complexity index is 234. The highest BCUT2D eigenvalue weighted by Gasteiger charge is 2.65. The topological polar surface area (TPSA) is 37.3 Å². The van der Waals surface area contributed by atoms with E-state index in [1.165, 1.54) is 11.5 Å². The molecular formula is C9H14O2S2. The molecule has 1 heterocycles. The van der Waals surface area contributed by atoms with Gasteiger partial charge in [0.25, 0.3) is 0 Å². The first-order chi connectivity index (χ1) is 6.05. The first-order valence-corrected chi connectivity index (χ1v) is 6.61. The van der Waals surface area contributed by atoms with Crippen LogP contribution in [0.15, 0.2) is 0 Å². The summed E-state index contributed by atoms with van der Waals surface area (Å²) in [5, 5.41) is 9.00. The fourth-order valence-corrected chi connectivity index (χ4v) is 5.87. The zero-order valence-electron chi connectivity index (χ0n) is 7.82. The lowest BCUT2D eigenvalue weighted by atomic mass is 10.1. The highest BCUT2D eigenvalue weighted by atomic mass is 32.2. The van der Waals surface area contributed by atoms with Gasteiger partial charge in [-0.05, 0) is 11.3 Å². The Hall–Kier alpha value is 0.170. The first kappa shape index (κ1) is 9.71. The molecule has 0 bridgehead atoms. The predicted octanol–water partition coefficient (Wildman–Crippen LogP) is 2.15. The predicted molar refractivity (Wildman–Crippen MR) is 57.1 cm³/mol. The summed E-state index contributed by atoms with van der Waals surface area (Å²) < 4.78 is 0.538. The third kappa shape index (κ3) is 1.48. The van der Waals surface area contributed by atoms with Crippen molar-refractivity contribution >= 4 is 29.5 Å². The van der Waals surface area contributed by atoms with Crippen molar-refractivity contribution in [3.63, 3.8) is 0 Å². The van der Waals surface area contributed by atoms with Crippen LogP contribution in [0.4, 0.5) is 0 Å². The van der Waals surface area contributed by atoms with Crippen LogP contribution in [0.3, 0.4) is 0 Å². The molecule has 1 saturated heterocycles. The Kier molecular flexibility index (Phi) is 2.31. The van der Waals surface area contributed by atoms with Crippen molar-refractivity contribution in [1.29, 1.82) is 0 Å². The summed E-state index contributed by atoms with van der Waals surface area (Å²) in [5.74, 6) is 2.06. The average molecular weight is 218 g/mol. The largest absolute Gasteiger partial charge is 0.481 e. The van der Waals surface area contributed by atoms with Crippen LogP contribution in [-0.2, 0) is 4.79 Å². The van der Waals surface area contributed by atoms with E-state index in [1.807, 2.05) is 23.5 Å². The summed E-state index contributed by atoms with van der Waals surface area (Å²) in [4.78, 5) is 10.9. The van der Waals surface area contributed by atoms with Crippen molar-refractivity contribution in [1.82, 2.24) is 0 Å². The Morgan fingerprint density at radius 3 is 2.31 bits per heavy atom. The third-order valence-corrected chi connectivity index (χ3v) is 6.32. The minimum absolute atomic E-state index is 0.0286. The van der Waals surface area contributed by atoms with Gasteiger partial charge in [0.05, 0.1) is 10.5 Å². The van der Waals surface area contributed by atoms with Crippen LogP contribution in [-0.4, -0.2) is 27.2 Å². The molecule has 0 aromatic heterocycles. The number of aliphatic carboxylic acids is 1. The standard InChI is InChI=1S/C9H14O2S2/c1-9(2)5(7(10)11)6(9)8-12-3-4-13-8/h5-6,8H,3-4H2,1-2H3,(H,10,11)/t5-,6-/m1/s1. The summed E-state index contributed by atoms with van der Waals surface area (Å²) in [6.45, 7) is 4.16. The molecule has 2 nitrogen and oxygen atoms in total. The van der Waals surface area contributed by atoms with Gasteiger partial charge in [0, 0.05) is 11.5 Å². The minimum atomic E-state index is -0.608. The quantitative estimate of drug-likeness (QED) is 0.770. The lowest BCUT2D eigenvalue weighted by molar-refractivity contribution is -0.139. The molecule has 1 saturated carbocycles. The molecule has 0 amide bonds. The van der Waals surface area contributed by atoms with Crippen molar-refractivity contribution in [2.75, 3.05) is 11.5 Å². The summed E-state index contributed by atoms with van der Waals surface area (Å²) in [5.41, 5.74) is 0.0286. The van der Waals surface area contributed by atoms with E-state index in [4.69, 9.17) is 5.11 Å². The second-order valence-electron chi connectivity index (χ2n) is 4.27. The number of carbonyl (C=O) groups is 1. The molecule has 0 unspecified atom stereocenters. The molecule has 0 aromatic carbocycles. The van der Waals surface area contributed by atoms with Gasteiger partial charge < -0.3 is 5.11 Å². The SMILES string of the molecule is CC1(C)[C@@H](C(=O)O)[C@@H]1C1SCCS1. The molecular weight excluding hydrogens is 204 g/mol. The maximum Gasteiger partial charge on any atom is 0.307 e. The number of carboxylic acids is 1. The van der Waals surface area contributed by atoms with Crippen molar-refractivity contribution in [3.05, 3.63) is 0 Å². The molecule has 0 aromatic rings. The molecule has 13 heavy (non-hydrogen) atoms.